The highest BCUT2D eigenvalue weighted by Crippen LogP contribution is 2.15. The molecule has 4 nitrogen and oxygen atoms in total. The molecule has 0 aliphatic rings. The molecule has 0 radical (unpaired) electrons. The Morgan fingerprint density at radius 1 is 1.17 bits per heavy atom. The minimum Gasteiger partial charge on any atom is -0.444 e. The highest BCUT2D eigenvalue weighted by molar-refractivity contribution is 5.67. The normalized spacial score (nSPS) is 14.4. The van der Waals surface area contributed by atoms with Gasteiger partial charge in [0.05, 0.1) is 0 Å². The second kappa shape index (κ2) is 8.29. The van der Waals surface area contributed by atoms with Crippen LogP contribution in [0.4, 0.5) is 9.18 Å². The first-order valence-electron chi connectivity index (χ1n) is 8.07. The molecule has 0 aromatic heterocycles. The van der Waals surface area contributed by atoms with E-state index in [9.17, 15) is 9.18 Å². The molecule has 1 aromatic carbocycles. The Bertz CT molecular complexity index is 495. The van der Waals surface area contributed by atoms with Crippen LogP contribution in [0, 0.1) is 11.7 Å². The van der Waals surface area contributed by atoms with Crippen molar-refractivity contribution < 1.29 is 13.9 Å². The summed E-state index contributed by atoms with van der Waals surface area (Å²) in [6.07, 6.45) is -0.417. The van der Waals surface area contributed by atoms with Gasteiger partial charge >= 0.3 is 6.09 Å². The Hall–Kier alpha value is -1.62. The minimum atomic E-state index is -0.508. The number of ether oxygens (including phenoxy) is 1. The van der Waals surface area contributed by atoms with E-state index in [1.165, 1.54) is 12.1 Å². The monoisotopic (exact) mass is 324 g/mol. The van der Waals surface area contributed by atoms with Crippen LogP contribution in [-0.2, 0) is 4.74 Å². The molecular formula is C18H29FN2O2. The first-order valence-corrected chi connectivity index (χ1v) is 8.07. The van der Waals surface area contributed by atoms with Crippen molar-refractivity contribution in [2.45, 2.75) is 59.2 Å². The predicted molar refractivity (Wildman–Crippen MR) is 90.8 cm³/mol. The zero-order chi connectivity index (χ0) is 17.6. The number of carbonyl (C=O) groups is 1. The van der Waals surface area contributed by atoms with E-state index in [1.54, 1.807) is 12.1 Å². The lowest BCUT2D eigenvalue weighted by Gasteiger charge is -2.28. The molecule has 0 aliphatic heterocycles. The number of rotatable bonds is 6. The Morgan fingerprint density at radius 2 is 1.74 bits per heavy atom. The summed E-state index contributed by atoms with van der Waals surface area (Å²) in [5.74, 6) is 0.0841. The molecule has 0 fully saturated rings. The van der Waals surface area contributed by atoms with Crippen LogP contribution in [0.5, 0.6) is 0 Å². The van der Waals surface area contributed by atoms with Gasteiger partial charge in [-0.25, -0.2) is 9.18 Å². The highest BCUT2D eigenvalue weighted by Gasteiger charge is 2.20. The van der Waals surface area contributed by atoms with Crippen molar-refractivity contribution in [3.05, 3.63) is 35.6 Å². The van der Waals surface area contributed by atoms with Crippen molar-refractivity contribution >= 4 is 6.09 Å². The van der Waals surface area contributed by atoms with Crippen LogP contribution >= 0.6 is 0 Å². The number of hydrogen-bond donors (Lipinski definition) is 2. The van der Waals surface area contributed by atoms with E-state index in [0.717, 1.165) is 5.56 Å². The van der Waals surface area contributed by atoms with Crippen LogP contribution in [0.1, 0.15) is 53.1 Å². The minimum absolute atomic E-state index is 0.0587. The SMILES string of the molecule is CC(NC(CNC(=O)OC(C)(C)C)C(C)C)c1ccc(F)cc1. The summed E-state index contributed by atoms with van der Waals surface area (Å²) >= 11 is 0. The van der Waals surface area contributed by atoms with Crippen molar-refractivity contribution in [1.29, 1.82) is 0 Å². The molecular weight excluding hydrogens is 295 g/mol. The van der Waals surface area contributed by atoms with Gasteiger partial charge in [-0.15, -0.1) is 0 Å². The molecule has 0 aliphatic carbocycles. The third-order valence-electron chi connectivity index (χ3n) is 3.50. The van der Waals surface area contributed by atoms with Crippen LogP contribution in [0.15, 0.2) is 24.3 Å². The second-order valence-electron chi connectivity index (χ2n) is 7.17. The van der Waals surface area contributed by atoms with Gasteiger partial charge in [0, 0.05) is 18.6 Å². The molecule has 0 saturated carbocycles. The summed E-state index contributed by atoms with van der Waals surface area (Å²) < 4.78 is 18.3. The third kappa shape index (κ3) is 7.46. The van der Waals surface area contributed by atoms with Crippen LogP contribution in [-0.4, -0.2) is 24.3 Å². The van der Waals surface area contributed by atoms with Gasteiger partial charge in [0.25, 0.3) is 0 Å². The van der Waals surface area contributed by atoms with Crippen molar-refractivity contribution in [1.82, 2.24) is 10.6 Å². The van der Waals surface area contributed by atoms with Crippen molar-refractivity contribution in [2.75, 3.05) is 6.54 Å². The Labute approximate surface area is 138 Å². The van der Waals surface area contributed by atoms with E-state index >= 15 is 0 Å². The maximum absolute atomic E-state index is 13.0. The van der Waals surface area contributed by atoms with Crippen molar-refractivity contribution in [2.24, 2.45) is 5.92 Å². The number of nitrogens with one attached hydrogen (secondary N) is 2. The van der Waals surface area contributed by atoms with Crippen LogP contribution < -0.4 is 10.6 Å². The topological polar surface area (TPSA) is 50.4 Å². The molecule has 2 N–H and O–H groups in total. The molecule has 2 atom stereocenters. The van der Waals surface area contributed by atoms with E-state index in [-0.39, 0.29) is 17.9 Å². The van der Waals surface area contributed by atoms with Gasteiger partial charge in [0.15, 0.2) is 0 Å². The molecule has 1 rings (SSSR count). The largest absolute Gasteiger partial charge is 0.444 e. The first-order chi connectivity index (χ1) is 10.6. The van der Waals surface area contributed by atoms with E-state index < -0.39 is 11.7 Å². The molecule has 130 valence electrons. The number of benzene rings is 1. The lowest BCUT2D eigenvalue weighted by molar-refractivity contribution is 0.0518. The van der Waals surface area contributed by atoms with Gasteiger partial charge in [-0.3, -0.25) is 0 Å². The Kier molecular flexibility index (Phi) is 7.01. The van der Waals surface area contributed by atoms with Crippen molar-refractivity contribution in [3.8, 4) is 0 Å². The molecule has 0 heterocycles. The molecule has 23 heavy (non-hydrogen) atoms. The molecule has 0 bridgehead atoms. The van der Waals surface area contributed by atoms with E-state index in [1.807, 2.05) is 27.7 Å². The van der Waals surface area contributed by atoms with E-state index in [0.29, 0.717) is 12.5 Å². The van der Waals surface area contributed by atoms with Crippen molar-refractivity contribution in [3.63, 3.8) is 0 Å². The van der Waals surface area contributed by atoms with Gasteiger partial charge in [-0.1, -0.05) is 26.0 Å². The van der Waals surface area contributed by atoms with Crippen LogP contribution in [0.25, 0.3) is 0 Å². The summed E-state index contributed by atoms with van der Waals surface area (Å²) in [7, 11) is 0. The number of alkyl carbamates (subject to hydrolysis) is 1. The molecule has 1 aromatic rings. The van der Waals surface area contributed by atoms with Gasteiger partial charge in [-0.2, -0.15) is 0 Å². The predicted octanol–water partition coefficient (Wildman–Crippen LogP) is 4.03. The van der Waals surface area contributed by atoms with Crippen LogP contribution in [0.3, 0.4) is 0 Å². The summed E-state index contributed by atoms with van der Waals surface area (Å²) in [5, 5.41) is 6.28. The number of amides is 1. The summed E-state index contributed by atoms with van der Waals surface area (Å²) in [5.41, 5.74) is 0.501. The number of carbonyl (C=O) groups excluding carboxylic acids is 1. The molecule has 1 amide bonds. The lowest BCUT2D eigenvalue weighted by Crippen LogP contribution is -2.46. The molecule has 2 unspecified atom stereocenters. The number of halogens is 1. The quantitative estimate of drug-likeness (QED) is 0.831. The first kappa shape index (κ1) is 19.4. The highest BCUT2D eigenvalue weighted by atomic mass is 19.1. The fourth-order valence-corrected chi connectivity index (χ4v) is 2.16. The molecule has 5 heteroatoms. The second-order valence-corrected chi connectivity index (χ2v) is 7.17. The summed E-state index contributed by atoms with van der Waals surface area (Å²) in [4.78, 5) is 11.8. The average Bonchev–Trinajstić information content (AvgIpc) is 2.41. The Morgan fingerprint density at radius 3 is 2.22 bits per heavy atom. The Balaban J connectivity index is 2.58. The smallest absolute Gasteiger partial charge is 0.407 e. The lowest BCUT2D eigenvalue weighted by atomic mass is 10.0. The van der Waals surface area contributed by atoms with Crippen LogP contribution in [0.2, 0.25) is 0 Å². The molecule has 0 spiro atoms. The van der Waals surface area contributed by atoms with Gasteiger partial charge in [-0.05, 0) is 51.3 Å². The zero-order valence-corrected chi connectivity index (χ0v) is 14.9. The summed E-state index contributed by atoms with van der Waals surface area (Å²) in [6, 6.07) is 6.59. The fraction of sp³-hybridized carbons (Fsp3) is 0.611. The maximum Gasteiger partial charge on any atom is 0.407 e. The average molecular weight is 324 g/mol. The third-order valence-corrected chi connectivity index (χ3v) is 3.50. The molecule has 0 saturated heterocycles. The maximum atomic E-state index is 13.0. The van der Waals surface area contributed by atoms with E-state index in [2.05, 4.69) is 24.5 Å². The van der Waals surface area contributed by atoms with Gasteiger partial charge in [0.2, 0.25) is 0 Å². The van der Waals surface area contributed by atoms with E-state index in [4.69, 9.17) is 4.74 Å². The fourth-order valence-electron chi connectivity index (χ4n) is 2.16. The van der Waals surface area contributed by atoms with Gasteiger partial charge in [0.1, 0.15) is 11.4 Å². The summed E-state index contributed by atoms with van der Waals surface area (Å²) in [6.45, 7) is 12.2. The standard InChI is InChI=1S/C18H29FN2O2/c1-12(2)16(11-20-17(22)23-18(4,5)6)21-13(3)14-7-9-15(19)10-8-14/h7-10,12-13,16,21H,11H2,1-6H3,(H,20,22). The van der Waals surface area contributed by atoms with Gasteiger partial charge < -0.3 is 15.4 Å². The zero-order valence-electron chi connectivity index (χ0n) is 14.9. The number of hydrogen-bond acceptors (Lipinski definition) is 3.